The molecule has 2 saturated heterocycles. The van der Waals surface area contributed by atoms with Crippen molar-refractivity contribution in [3.63, 3.8) is 0 Å². The number of rotatable bonds is 15. The van der Waals surface area contributed by atoms with Crippen molar-refractivity contribution in [2.45, 2.75) is 64.5 Å². The molecule has 0 aromatic heterocycles. The number of benzene rings is 1. The van der Waals surface area contributed by atoms with Crippen LogP contribution >= 0.6 is 0 Å². The Morgan fingerprint density at radius 2 is 1.84 bits per heavy atom. The molecule has 2 atom stereocenters. The van der Waals surface area contributed by atoms with E-state index in [2.05, 4.69) is 16.8 Å². The summed E-state index contributed by atoms with van der Waals surface area (Å²) in [7, 11) is 0. The number of amides is 2. The van der Waals surface area contributed by atoms with Crippen LogP contribution in [0.15, 0.2) is 36.9 Å². The summed E-state index contributed by atoms with van der Waals surface area (Å²) < 4.78 is 16.5. The van der Waals surface area contributed by atoms with Gasteiger partial charge in [0.05, 0.1) is 25.0 Å². The molecule has 1 aromatic carbocycles. The maximum Gasteiger partial charge on any atom is 0.330 e. The van der Waals surface area contributed by atoms with Crippen LogP contribution in [0.25, 0.3) is 0 Å². The molecule has 3 rings (SSSR count). The van der Waals surface area contributed by atoms with Crippen LogP contribution in [-0.4, -0.2) is 102 Å². The minimum atomic E-state index is -1.32. The number of likely N-dealkylation sites (tertiary alicyclic amines) is 1. The van der Waals surface area contributed by atoms with E-state index < -0.39 is 53.1 Å². The van der Waals surface area contributed by atoms with Crippen molar-refractivity contribution in [1.82, 2.24) is 9.80 Å². The summed E-state index contributed by atoms with van der Waals surface area (Å²) in [5.41, 5.74) is -0.283. The molecule has 1 aromatic rings. The number of ketones is 1. The summed E-state index contributed by atoms with van der Waals surface area (Å²) in [6, 6.07) is 5.82. The molecule has 0 bridgehead atoms. The fourth-order valence-corrected chi connectivity index (χ4v) is 5.11. The third-order valence-corrected chi connectivity index (χ3v) is 7.76. The SMILES string of the molecule is C=CC(=O)OCC(C)(C)C(=O)C(=O)N1CCCC[C@H]1C(=O)O[C@H](CCN1CCOCC1)c1cccc(NC(=O)CCC(=O)O)c1. The maximum absolute atomic E-state index is 13.7. The molecule has 0 aliphatic carbocycles. The molecule has 2 N–H and O–H groups in total. The molecule has 0 spiro atoms. The van der Waals surface area contributed by atoms with Gasteiger partial charge in [0.25, 0.3) is 5.91 Å². The zero-order chi connectivity index (χ0) is 33.0. The van der Waals surface area contributed by atoms with Crippen LogP contribution in [-0.2, 0) is 43.0 Å². The van der Waals surface area contributed by atoms with Crippen LogP contribution in [0.2, 0.25) is 0 Å². The molecule has 13 heteroatoms. The Morgan fingerprint density at radius 1 is 1.11 bits per heavy atom. The van der Waals surface area contributed by atoms with E-state index in [0.717, 1.165) is 19.2 Å². The lowest BCUT2D eigenvalue weighted by atomic mass is 9.87. The van der Waals surface area contributed by atoms with Gasteiger partial charge in [0.2, 0.25) is 11.7 Å². The Bertz CT molecular complexity index is 1260. The molecular formula is C32H43N3O10. The van der Waals surface area contributed by atoms with Crippen LogP contribution in [0.5, 0.6) is 0 Å². The second kappa shape index (κ2) is 16.8. The van der Waals surface area contributed by atoms with Crippen LogP contribution < -0.4 is 5.32 Å². The van der Waals surface area contributed by atoms with E-state index in [1.54, 1.807) is 24.3 Å². The van der Waals surface area contributed by atoms with Gasteiger partial charge in [-0.1, -0.05) is 18.7 Å². The van der Waals surface area contributed by atoms with Crippen LogP contribution in [0.3, 0.4) is 0 Å². The van der Waals surface area contributed by atoms with Gasteiger partial charge in [-0.3, -0.25) is 24.1 Å². The molecular weight excluding hydrogens is 586 g/mol. The summed E-state index contributed by atoms with van der Waals surface area (Å²) in [5, 5.41) is 11.6. The minimum absolute atomic E-state index is 0.188. The number of carbonyl (C=O) groups is 6. The second-order valence-electron chi connectivity index (χ2n) is 11.8. The summed E-state index contributed by atoms with van der Waals surface area (Å²) in [6.45, 7) is 9.44. The first kappa shape index (κ1) is 35.4. The third kappa shape index (κ3) is 10.8. The lowest BCUT2D eigenvalue weighted by molar-refractivity contribution is -0.165. The topological polar surface area (TPSA) is 169 Å². The molecule has 0 saturated carbocycles. The van der Waals surface area contributed by atoms with Crippen molar-refractivity contribution in [1.29, 1.82) is 0 Å². The Balaban J connectivity index is 1.78. The van der Waals surface area contributed by atoms with Gasteiger partial charge < -0.3 is 29.5 Å². The first-order valence-corrected chi connectivity index (χ1v) is 15.2. The van der Waals surface area contributed by atoms with Crippen molar-refractivity contribution in [2.24, 2.45) is 5.41 Å². The Hall–Kier alpha value is -4.10. The number of carboxylic acid groups (broad SMARTS) is 1. The lowest BCUT2D eigenvalue weighted by Gasteiger charge is -2.36. The van der Waals surface area contributed by atoms with Gasteiger partial charge in [0, 0.05) is 50.8 Å². The molecule has 45 heavy (non-hydrogen) atoms. The van der Waals surface area contributed by atoms with Crippen molar-refractivity contribution >= 4 is 41.2 Å². The van der Waals surface area contributed by atoms with Crippen LogP contribution in [0.1, 0.15) is 64.0 Å². The Kier molecular flexibility index (Phi) is 13.2. The van der Waals surface area contributed by atoms with Crippen molar-refractivity contribution < 1.29 is 48.1 Å². The zero-order valence-corrected chi connectivity index (χ0v) is 26.0. The standard InChI is InChI=1S/C32H43N3O10/c1-4-28(39)44-21-32(2,3)29(40)30(41)35-14-6-5-10-24(35)31(42)45-25(13-15-34-16-18-43-19-17-34)22-8-7-9-23(20-22)33-26(36)11-12-27(37)38/h4,7-9,20,24-25H,1,5-6,10-19,21H2,2-3H3,(H,33,36)(H,37,38)/t24-,25+/m0/s1. The average molecular weight is 630 g/mol. The fourth-order valence-electron chi connectivity index (χ4n) is 5.11. The monoisotopic (exact) mass is 629 g/mol. The fraction of sp³-hybridized carbons (Fsp3) is 0.562. The van der Waals surface area contributed by atoms with Crippen molar-refractivity contribution in [2.75, 3.05) is 51.3 Å². The van der Waals surface area contributed by atoms with Crippen molar-refractivity contribution in [3.05, 3.63) is 42.5 Å². The summed E-state index contributed by atoms with van der Waals surface area (Å²) >= 11 is 0. The van der Waals surface area contributed by atoms with Crippen LogP contribution in [0.4, 0.5) is 5.69 Å². The number of hydrogen-bond donors (Lipinski definition) is 2. The molecule has 2 fully saturated rings. The molecule has 2 aliphatic heterocycles. The molecule has 0 unspecified atom stereocenters. The van der Waals surface area contributed by atoms with Gasteiger partial charge in [0.1, 0.15) is 18.8 Å². The predicted octanol–water partition coefficient (Wildman–Crippen LogP) is 2.50. The number of carboxylic acids is 1. The number of nitrogens with one attached hydrogen (secondary N) is 1. The summed E-state index contributed by atoms with van der Waals surface area (Å²) in [5.74, 6) is -4.52. The number of hydrogen-bond acceptors (Lipinski definition) is 10. The first-order chi connectivity index (χ1) is 21.4. The second-order valence-corrected chi connectivity index (χ2v) is 11.8. The highest BCUT2D eigenvalue weighted by molar-refractivity contribution is 6.38. The number of ether oxygens (including phenoxy) is 3. The van der Waals surface area contributed by atoms with E-state index in [-0.39, 0.29) is 26.0 Å². The van der Waals surface area contributed by atoms with Gasteiger partial charge >= 0.3 is 17.9 Å². The number of morpholine rings is 1. The quantitative estimate of drug-likeness (QED) is 0.166. The molecule has 246 valence electrons. The summed E-state index contributed by atoms with van der Waals surface area (Å²) in [6.07, 6.45) is 1.75. The smallest absolute Gasteiger partial charge is 0.330 e. The predicted molar refractivity (Wildman–Crippen MR) is 162 cm³/mol. The number of Topliss-reactive ketones (excluding diaryl/α,β-unsaturated/α-hetero) is 1. The summed E-state index contributed by atoms with van der Waals surface area (Å²) in [4.78, 5) is 78.4. The highest BCUT2D eigenvalue weighted by atomic mass is 16.5. The van der Waals surface area contributed by atoms with Gasteiger partial charge in [-0.2, -0.15) is 0 Å². The average Bonchev–Trinajstić information content (AvgIpc) is 3.04. The molecule has 13 nitrogen and oxygen atoms in total. The Labute approximate surface area is 262 Å². The van der Waals surface area contributed by atoms with E-state index in [9.17, 15) is 28.8 Å². The number of anilines is 1. The third-order valence-electron chi connectivity index (χ3n) is 7.76. The zero-order valence-electron chi connectivity index (χ0n) is 26.0. The lowest BCUT2D eigenvalue weighted by Crippen LogP contribution is -2.53. The maximum atomic E-state index is 13.7. The minimum Gasteiger partial charge on any atom is -0.481 e. The highest BCUT2D eigenvalue weighted by Gasteiger charge is 2.42. The molecule has 2 aliphatic rings. The van der Waals surface area contributed by atoms with Gasteiger partial charge in [-0.25, -0.2) is 9.59 Å². The normalized spacial score (nSPS) is 17.9. The van der Waals surface area contributed by atoms with E-state index in [0.29, 0.717) is 56.7 Å². The van der Waals surface area contributed by atoms with E-state index in [4.69, 9.17) is 19.3 Å². The highest BCUT2D eigenvalue weighted by Crippen LogP contribution is 2.29. The van der Waals surface area contributed by atoms with Crippen LogP contribution in [0, 0.1) is 5.41 Å². The number of piperidine rings is 1. The van der Waals surface area contributed by atoms with E-state index >= 15 is 0 Å². The Morgan fingerprint density at radius 3 is 2.53 bits per heavy atom. The van der Waals surface area contributed by atoms with Gasteiger partial charge in [-0.15, -0.1) is 0 Å². The van der Waals surface area contributed by atoms with Crippen molar-refractivity contribution in [3.8, 4) is 0 Å². The van der Waals surface area contributed by atoms with Gasteiger partial charge in [0.15, 0.2) is 0 Å². The van der Waals surface area contributed by atoms with E-state index in [1.165, 1.54) is 18.7 Å². The molecule has 2 heterocycles. The molecule has 2 amide bonds. The number of esters is 2. The first-order valence-electron chi connectivity index (χ1n) is 15.2. The number of carbonyl (C=O) groups excluding carboxylic acids is 5. The molecule has 0 radical (unpaired) electrons. The number of nitrogens with zero attached hydrogens (tertiary/aromatic N) is 2. The number of aliphatic carboxylic acids is 1. The van der Waals surface area contributed by atoms with E-state index in [1.807, 2.05) is 0 Å². The van der Waals surface area contributed by atoms with Gasteiger partial charge in [-0.05, 0) is 50.8 Å². The largest absolute Gasteiger partial charge is 0.481 e.